The Bertz CT molecular complexity index is 154. The standard InChI is InChI=1S/C12H26N2/c1-5-12(13-6-2)10(3)14(4)9-11-7-8-11/h10-13H,5-9H2,1-4H3. The summed E-state index contributed by atoms with van der Waals surface area (Å²) in [4.78, 5) is 2.52. The van der Waals surface area contributed by atoms with E-state index in [-0.39, 0.29) is 0 Å². The van der Waals surface area contributed by atoms with Gasteiger partial charge in [0.1, 0.15) is 0 Å². The molecule has 14 heavy (non-hydrogen) atoms. The van der Waals surface area contributed by atoms with E-state index in [0.717, 1.165) is 12.5 Å². The first-order valence-electron chi connectivity index (χ1n) is 6.12. The Balaban J connectivity index is 2.30. The topological polar surface area (TPSA) is 15.3 Å². The Morgan fingerprint density at radius 1 is 1.36 bits per heavy atom. The molecule has 0 aromatic rings. The highest BCUT2D eigenvalue weighted by Gasteiger charge is 2.26. The van der Waals surface area contributed by atoms with Crippen molar-refractivity contribution in [2.45, 2.75) is 52.1 Å². The molecular formula is C12H26N2. The van der Waals surface area contributed by atoms with Crippen molar-refractivity contribution in [1.82, 2.24) is 10.2 Å². The molecule has 1 aliphatic rings. The summed E-state index contributed by atoms with van der Waals surface area (Å²) < 4.78 is 0. The first kappa shape index (κ1) is 12.0. The molecule has 0 aromatic heterocycles. The summed E-state index contributed by atoms with van der Waals surface area (Å²) in [5.41, 5.74) is 0. The van der Waals surface area contributed by atoms with Crippen LogP contribution in [0.25, 0.3) is 0 Å². The number of hydrogen-bond acceptors (Lipinski definition) is 2. The fourth-order valence-corrected chi connectivity index (χ4v) is 2.10. The summed E-state index contributed by atoms with van der Waals surface area (Å²) in [6, 6.07) is 1.32. The molecular weight excluding hydrogens is 172 g/mol. The maximum Gasteiger partial charge on any atom is 0.0218 e. The Hall–Kier alpha value is -0.0800. The zero-order valence-corrected chi connectivity index (χ0v) is 10.2. The van der Waals surface area contributed by atoms with Crippen LogP contribution in [-0.2, 0) is 0 Å². The van der Waals surface area contributed by atoms with Gasteiger partial charge >= 0.3 is 0 Å². The van der Waals surface area contributed by atoms with Gasteiger partial charge in [0.05, 0.1) is 0 Å². The third kappa shape index (κ3) is 3.58. The molecule has 1 saturated carbocycles. The molecule has 2 heteroatoms. The molecule has 0 aromatic carbocycles. The molecule has 84 valence electrons. The van der Waals surface area contributed by atoms with E-state index in [1.807, 2.05) is 0 Å². The minimum absolute atomic E-state index is 0.656. The summed E-state index contributed by atoms with van der Waals surface area (Å²) >= 11 is 0. The normalized spacial score (nSPS) is 21.2. The second-order valence-corrected chi connectivity index (χ2v) is 4.70. The van der Waals surface area contributed by atoms with Crippen molar-refractivity contribution >= 4 is 0 Å². The van der Waals surface area contributed by atoms with Crippen LogP contribution in [-0.4, -0.2) is 37.1 Å². The molecule has 0 aliphatic heterocycles. The smallest absolute Gasteiger partial charge is 0.0218 e. The number of nitrogens with zero attached hydrogens (tertiary/aromatic N) is 1. The van der Waals surface area contributed by atoms with E-state index < -0.39 is 0 Å². The summed E-state index contributed by atoms with van der Waals surface area (Å²) in [5.74, 6) is 1.00. The van der Waals surface area contributed by atoms with Crippen LogP contribution < -0.4 is 5.32 Å². The minimum Gasteiger partial charge on any atom is -0.313 e. The van der Waals surface area contributed by atoms with Crippen LogP contribution in [0, 0.1) is 5.92 Å². The summed E-state index contributed by atoms with van der Waals surface area (Å²) in [5, 5.41) is 3.56. The molecule has 2 unspecified atom stereocenters. The highest BCUT2D eigenvalue weighted by atomic mass is 15.2. The van der Waals surface area contributed by atoms with Gasteiger partial charge in [0.15, 0.2) is 0 Å². The van der Waals surface area contributed by atoms with Crippen LogP contribution >= 0.6 is 0 Å². The minimum atomic E-state index is 0.656. The van der Waals surface area contributed by atoms with Gasteiger partial charge in [-0.15, -0.1) is 0 Å². The van der Waals surface area contributed by atoms with Crippen molar-refractivity contribution in [2.24, 2.45) is 5.92 Å². The highest BCUT2D eigenvalue weighted by molar-refractivity contribution is 4.83. The van der Waals surface area contributed by atoms with Crippen molar-refractivity contribution in [3.8, 4) is 0 Å². The van der Waals surface area contributed by atoms with Gasteiger partial charge in [0.2, 0.25) is 0 Å². The van der Waals surface area contributed by atoms with Crippen molar-refractivity contribution in [2.75, 3.05) is 20.1 Å². The number of nitrogens with one attached hydrogen (secondary N) is 1. The fraction of sp³-hybridized carbons (Fsp3) is 1.00. The van der Waals surface area contributed by atoms with E-state index in [9.17, 15) is 0 Å². The number of rotatable bonds is 7. The van der Waals surface area contributed by atoms with Crippen molar-refractivity contribution < 1.29 is 0 Å². The van der Waals surface area contributed by atoms with Crippen LogP contribution in [0.2, 0.25) is 0 Å². The lowest BCUT2D eigenvalue weighted by molar-refractivity contribution is 0.197. The molecule has 0 bridgehead atoms. The molecule has 1 aliphatic carbocycles. The lowest BCUT2D eigenvalue weighted by atomic mass is 10.1. The molecule has 0 spiro atoms. The van der Waals surface area contributed by atoms with E-state index in [1.165, 1.54) is 25.8 Å². The van der Waals surface area contributed by atoms with Gasteiger partial charge in [-0.3, -0.25) is 0 Å². The molecule has 1 fully saturated rings. The van der Waals surface area contributed by atoms with Crippen LogP contribution in [0.15, 0.2) is 0 Å². The quantitative estimate of drug-likeness (QED) is 0.674. The van der Waals surface area contributed by atoms with E-state index >= 15 is 0 Å². The molecule has 2 atom stereocenters. The number of hydrogen-bond donors (Lipinski definition) is 1. The van der Waals surface area contributed by atoms with E-state index in [1.54, 1.807) is 0 Å². The monoisotopic (exact) mass is 198 g/mol. The van der Waals surface area contributed by atoms with Crippen LogP contribution in [0.5, 0.6) is 0 Å². The third-order valence-corrected chi connectivity index (χ3v) is 3.43. The molecule has 1 N–H and O–H groups in total. The summed E-state index contributed by atoms with van der Waals surface area (Å²) in [6.45, 7) is 9.19. The van der Waals surface area contributed by atoms with Crippen LogP contribution in [0.3, 0.4) is 0 Å². The molecule has 0 heterocycles. The maximum atomic E-state index is 3.56. The van der Waals surface area contributed by atoms with Gasteiger partial charge in [-0.05, 0) is 45.7 Å². The van der Waals surface area contributed by atoms with E-state index in [4.69, 9.17) is 0 Å². The van der Waals surface area contributed by atoms with Gasteiger partial charge in [0, 0.05) is 18.6 Å². The number of likely N-dealkylation sites (N-methyl/N-ethyl adjacent to an activating group) is 2. The third-order valence-electron chi connectivity index (χ3n) is 3.43. The van der Waals surface area contributed by atoms with Crippen molar-refractivity contribution in [3.63, 3.8) is 0 Å². The Morgan fingerprint density at radius 2 is 2.00 bits per heavy atom. The lowest BCUT2D eigenvalue weighted by Gasteiger charge is -2.32. The van der Waals surface area contributed by atoms with E-state index in [2.05, 4.69) is 38.0 Å². The summed E-state index contributed by atoms with van der Waals surface area (Å²) in [6.07, 6.45) is 4.13. The Kier molecular flexibility index (Phi) is 4.90. The van der Waals surface area contributed by atoms with Crippen molar-refractivity contribution in [1.29, 1.82) is 0 Å². The van der Waals surface area contributed by atoms with Gasteiger partial charge in [-0.2, -0.15) is 0 Å². The zero-order chi connectivity index (χ0) is 10.6. The SMILES string of the molecule is CCNC(CC)C(C)N(C)CC1CC1. The molecule has 0 saturated heterocycles. The van der Waals surface area contributed by atoms with Crippen LogP contribution in [0.4, 0.5) is 0 Å². The molecule has 2 nitrogen and oxygen atoms in total. The predicted octanol–water partition coefficient (Wildman–Crippen LogP) is 2.10. The maximum absolute atomic E-state index is 3.56. The highest BCUT2D eigenvalue weighted by Crippen LogP contribution is 2.30. The van der Waals surface area contributed by atoms with Gasteiger partial charge in [0.25, 0.3) is 0 Å². The van der Waals surface area contributed by atoms with Gasteiger partial charge in [-0.25, -0.2) is 0 Å². The fourth-order valence-electron chi connectivity index (χ4n) is 2.10. The Morgan fingerprint density at radius 3 is 2.43 bits per heavy atom. The molecule has 0 radical (unpaired) electrons. The van der Waals surface area contributed by atoms with Crippen LogP contribution in [0.1, 0.15) is 40.0 Å². The molecule has 0 amide bonds. The van der Waals surface area contributed by atoms with Gasteiger partial charge in [-0.1, -0.05) is 13.8 Å². The largest absolute Gasteiger partial charge is 0.313 e. The average molecular weight is 198 g/mol. The second-order valence-electron chi connectivity index (χ2n) is 4.70. The predicted molar refractivity (Wildman–Crippen MR) is 62.6 cm³/mol. The zero-order valence-electron chi connectivity index (χ0n) is 10.2. The first-order valence-corrected chi connectivity index (χ1v) is 6.12. The average Bonchev–Trinajstić information content (AvgIpc) is 2.96. The Labute approximate surface area is 89.1 Å². The first-order chi connectivity index (χ1) is 6.69. The van der Waals surface area contributed by atoms with Crippen molar-refractivity contribution in [3.05, 3.63) is 0 Å². The second kappa shape index (κ2) is 5.72. The lowest BCUT2D eigenvalue weighted by Crippen LogP contribution is -2.47. The summed E-state index contributed by atoms with van der Waals surface area (Å²) in [7, 11) is 2.27. The van der Waals surface area contributed by atoms with Gasteiger partial charge < -0.3 is 10.2 Å². The van der Waals surface area contributed by atoms with E-state index in [0.29, 0.717) is 12.1 Å². The molecule has 1 rings (SSSR count).